The summed E-state index contributed by atoms with van der Waals surface area (Å²) in [5.74, 6) is 2.16. The summed E-state index contributed by atoms with van der Waals surface area (Å²) in [6, 6.07) is 0.548. The van der Waals surface area contributed by atoms with Gasteiger partial charge in [0.2, 0.25) is 0 Å². The quantitative estimate of drug-likeness (QED) is 0.859. The molecule has 5 heteroatoms. The molecule has 2 rings (SSSR count). The zero-order chi connectivity index (χ0) is 13.0. The SMILES string of the molecule is CCOc1c(N)nsc1NC1CCC(CC)CC1. The molecule has 0 aromatic carbocycles. The van der Waals surface area contributed by atoms with Gasteiger partial charge < -0.3 is 15.8 Å². The Morgan fingerprint density at radius 1 is 1.33 bits per heavy atom. The van der Waals surface area contributed by atoms with E-state index in [1.807, 2.05) is 6.92 Å². The van der Waals surface area contributed by atoms with Gasteiger partial charge in [0.1, 0.15) is 0 Å². The van der Waals surface area contributed by atoms with Crippen LogP contribution in [-0.4, -0.2) is 17.0 Å². The first-order valence-electron chi connectivity index (χ1n) is 6.89. The zero-order valence-electron chi connectivity index (χ0n) is 11.2. The molecule has 0 amide bonds. The van der Waals surface area contributed by atoms with E-state index in [1.54, 1.807) is 0 Å². The summed E-state index contributed by atoms with van der Waals surface area (Å²) in [6.45, 7) is 4.88. The molecule has 1 saturated carbocycles. The minimum absolute atomic E-state index is 0.506. The van der Waals surface area contributed by atoms with E-state index in [0.717, 1.165) is 16.7 Å². The van der Waals surface area contributed by atoms with Crippen molar-refractivity contribution in [2.24, 2.45) is 5.92 Å². The van der Waals surface area contributed by atoms with Gasteiger partial charge in [0.15, 0.2) is 16.6 Å². The van der Waals surface area contributed by atoms with Crippen molar-refractivity contribution >= 4 is 22.4 Å². The van der Waals surface area contributed by atoms with E-state index in [2.05, 4.69) is 16.6 Å². The smallest absolute Gasteiger partial charge is 0.197 e. The average Bonchev–Trinajstić information content (AvgIpc) is 2.73. The van der Waals surface area contributed by atoms with Crippen LogP contribution in [0.1, 0.15) is 46.0 Å². The first kappa shape index (κ1) is 13.5. The number of anilines is 2. The van der Waals surface area contributed by atoms with E-state index in [9.17, 15) is 0 Å². The molecule has 0 spiro atoms. The molecule has 4 nitrogen and oxygen atoms in total. The molecule has 0 radical (unpaired) electrons. The molecule has 1 heterocycles. The summed E-state index contributed by atoms with van der Waals surface area (Å²) in [5.41, 5.74) is 5.81. The van der Waals surface area contributed by atoms with Gasteiger partial charge in [-0.3, -0.25) is 0 Å². The molecule has 0 atom stereocenters. The number of ether oxygens (including phenoxy) is 1. The Labute approximate surface area is 113 Å². The molecular weight excluding hydrogens is 246 g/mol. The second kappa shape index (κ2) is 6.27. The maximum atomic E-state index is 5.81. The standard InChI is InChI=1S/C13H23N3OS/c1-3-9-5-7-10(8-6-9)15-13-11(17-4-2)12(14)16-18-13/h9-10,15H,3-8H2,1-2H3,(H2,14,16). The van der Waals surface area contributed by atoms with Crippen LogP contribution in [0.2, 0.25) is 0 Å². The van der Waals surface area contributed by atoms with Crippen molar-refractivity contribution < 1.29 is 4.74 Å². The summed E-state index contributed by atoms with van der Waals surface area (Å²) < 4.78 is 9.72. The van der Waals surface area contributed by atoms with Gasteiger partial charge in [0, 0.05) is 6.04 Å². The molecule has 0 unspecified atom stereocenters. The summed E-state index contributed by atoms with van der Waals surface area (Å²) >= 11 is 1.41. The summed E-state index contributed by atoms with van der Waals surface area (Å²) in [5, 5.41) is 4.55. The Morgan fingerprint density at radius 2 is 2.06 bits per heavy atom. The monoisotopic (exact) mass is 269 g/mol. The lowest BCUT2D eigenvalue weighted by molar-refractivity contribution is 0.326. The number of aromatic nitrogens is 1. The fourth-order valence-corrected chi connectivity index (χ4v) is 3.31. The predicted molar refractivity (Wildman–Crippen MR) is 77.4 cm³/mol. The van der Waals surface area contributed by atoms with Crippen LogP contribution in [0.15, 0.2) is 0 Å². The molecule has 0 bridgehead atoms. The van der Waals surface area contributed by atoms with Crippen LogP contribution in [0.5, 0.6) is 5.75 Å². The van der Waals surface area contributed by atoms with E-state index in [0.29, 0.717) is 18.5 Å². The maximum Gasteiger partial charge on any atom is 0.197 e. The van der Waals surface area contributed by atoms with Crippen molar-refractivity contribution in [1.29, 1.82) is 0 Å². The van der Waals surface area contributed by atoms with E-state index in [4.69, 9.17) is 10.5 Å². The Hall–Kier alpha value is -0.970. The third-order valence-electron chi connectivity index (χ3n) is 3.72. The normalized spacial score (nSPS) is 23.9. The van der Waals surface area contributed by atoms with Crippen LogP contribution >= 0.6 is 11.5 Å². The van der Waals surface area contributed by atoms with Crippen molar-refractivity contribution in [2.45, 2.75) is 52.0 Å². The fraction of sp³-hybridized carbons (Fsp3) is 0.769. The maximum absolute atomic E-state index is 5.81. The molecule has 0 aliphatic heterocycles. The third-order valence-corrected chi connectivity index (χ3v) is 4.50. The fourth-order valence-electron chi connectivity index (χ4n) is 2.57. The minimum Gasteiger partial charge on any atom is -0.487 e. The molecule has 18 heavy (non-hydrogen) atoms. The minimum atomic E-state index is 0.506. The third kappa shape index (κ3) is 3.07. The number of nitrogens with zero attached hydrogens (tertiary/aromatic N) is 1. The molecule has 0 saturated heterocycles. The second-order valence-corrected chi connectivity index (χ2v) is 5.70. The van der Waals surface area contributed by atoms with Crippen molar-refractivity contribution in [3.8, 4) is 5.75 Å². The van der Waals surface area contributed by atoms with Gasteiger partial charge in [-0.15, -0.1) is 0 Å². The van der Waals surface area contributed by atoms with Crippen LogP contribution in [-0.2, 0) is 0 Å². The Kier molecular flexibility index (Phi) is 4.69. The summed E-state index contributed by atoms with van der Waals surface area (Å²) in [7, 11) is 0. The lowest BCUT2D eigenvalue weighted by Crippen LogP contribution is -2.25. The van der Waals surface area contributed by atoms with Gasteiger partial charge >= 0.3 is 0 Å². The van der Waals surface area contributed by atoms with E-state index < -0.39 is 0 Å². The van der Waals surface area contributed by atoms with Crippen molar-refractivity contribution in [3.63, 3.8) is 0 Å². The number of nitrogens with one attached hydrogen (secondary N) is 1. The number of hydrogen-bond acceptors (Lipinski definition) is 5. The highest BCUT2D eigenvalue weighted by molar-refractivity contribution is 7.11. The van der Waals surface area contributed by atoms with Gasteiger partial charge in [-0.25, -0.2) is 0 Å². The first-order valence-corrected chi connectivity index (χ1v) is 7.66. The van der Waals surface area contributed by atoms with Gasteiger partial charge in [-0.05, 0) is 50.1 Å². The Morgan fingerprint density at radius 3 is 2.67 bits per heavy atom. The lowest BCUT2D eigenvalue weighted by Gasteiger charge is -2.28. The highest BCUT2D eigenvalue weighted by atomic mass is 32.1. The molecule has 1 aromatic heterocycles. The number of hydrogen-bond donors (Lipinski definition) is 2. The van der Waals surface area contributed by atoms with E-state index in [1.165, 1.54) is 43.6 Å². The molecular formula is C13H23N3OS. The largest absolute Gasteiger partial charge is 0.487 e. The van der Waals surface area contributed by atoms with Crippen molar-refractivity contribution in [3.05, 3.63) is 0 Å². The van der Waals surface area contributed by atoms with Crippen LogP contribution in [0.25, 0.3) is 0 Å². The van der Waals surface area contributed by atoms with E-state index in [-0.39, 0.29) is 0 Å². The lowest BCUT2D eigenvalue weighted by atomic mass is 9.84. The summed E-state index contributed by atoms with van der Waals surface area (Å²) in [6.07, 6.45) is 6.44. The zero-order valence-corrected chi connectivity index (χ0v) is 12.1. The Bertz CT molecular complexity index is 372. The average molecular weight is 269 g/mol. The molecule has 1 aromatic rings. The topological polar surface area (TPSA) is 60.2 Å². The first-order chi connectivity index (χ1) is 8.74. The number of rotatable bonds is 5. The highest BCUT2D eigenvalue weighted by Gasteiger charge is 2.22. The second-order valence-electron chi connectivity index (χ2n) is 4.93. The molecule has 1 fully saturated rings. The van der Waals surface area contributed by atoms with Gasteiger partial charge in [0.05, 0.1) is 6.61 Å². The van der Waals surface area contributed by atoms with Crippen molar-refractivity contribution in [2.75, 3.05) is 17.7 Å². The van der Waals surface area contributed by atoms with Gasteiger partial charge in [-0.1, -0.05) is 13.3 Å². The molecule has 1 aliphatic carbocycles. The van der Waals surface area contributed by atoms with Crippen LogP contribution in [0.4, 0.5) is 10.8 Å². The van der Waals surface area contributed by atoms with Crippen LogP contribution in [0.3, 0.4) is 0 Å². The summed E-state index contributed by atoms with van der Waals surface area (Å²) in [4.78, 5) is 0. The molecule has 3 N–H and O–H groups in total. The van der Waals surface area contributed by atoms with Gasteiger partial charge in [0.25, 0.3) is 0 Å². The predicted octanol–water partition coefficient (Wildman–Crippen LogP) is 3.50. The van der Waals surface area contributed by atoms with Crippen molar-refractivity contribution in [1.82, 2.24) is 4.37 Å². The van der Waals surface area contributed by atoms with E-state index >= 15 is 0 Å². The number of nitrogen functional groups attached to an aromatic ring is 1. The van der Waals surface area contributed by atoms with Crippen LogP contribution in [0, 0.1) is 5.92 Å². The highest BCUT2D eigenvalue weighted by Crippen LogP contribution is 2.37. The molecule has 102 valence electrons. The van der Waals surface area contributed by atoms with Crippen LogP contribution < -0.4 is 15.8 Å². The Balaban J connectivity index is 1.93. The van der Waals surface area contributed by atoms with Gasteiger partial charge in [-0.2, -0.15) is 4.37 Å². The number of nitrogens with two attached hydrogens (primary N) is 1. The molecule has 1 aliphatic rings.